The molecule has 0 radical (unpaired) electrons. The molecule has 0 saturated heterocycles. The third-order valence-corrected chi connectivity index (χ3v) is 2.85. The van der Waals surface area contributed by atoms with Crippen molar-refractivity contribution >= 4 is 5.91 Å². The normalized spacial score (nSPS) is 11.8. The molecule has 18 heavy (non-hydrogen) atoms. The van der Waals surface area contributed by atoms with Gasteiger partial charge in [-0.2, -0.15) is 0 Å². The molecule has 1 amide bonds. The van der Waals surface area contributed by atoms with E-state index in [1.807, 2.05) is 18.2 Å². The van der Waals surface area contributed by atoms with Gasteiger partial charge >= 0.3 is 0 Å². The van der Waals surface area contributed by atoms with Crippen molar-refractivity contribution in [3.05, 3.63) is 23.8 Å². The van der Waals surface area contributed by atoms with Gasteiger partial charge in [0.15, 0.2) is 11.5 Å². The molecule has 1 atom stereocenters. The largest absolute Gasteiger partial charge is 0.493 e. The highest BCUT2D eigenvalue weighted by molar-refractivity contribution is 5.79. The van der Waals surface area contributed by atoms with Gasteiger partial charge in [0, 0.05) is 13.6 Å². The summed E-state index contributed by atoms with van der Waals surface area (Å²) in [6.45, 7) is 0.292. The summed E-state index contributed by atoms with van der Waals surface area (Å²) in [6.07, 6.45) is 0.524. The van der Waals surface area contributed by atoms with Crippen molar-refractivity contribution in [2.45, 2.75) is 6.42 Å². The van der Waals surface area contributed by atoms with Crippen LogP contribution in [0, 0.1) is 5.92 Å². The third kappa shape index (κ3) is 3.13. The minimum absolute atomic E-state index is 0.0672. The Morgan fingerprint density at radius 1 is 1.39 bits per heavy atom. The lowest BCUT2D eigenvalue weighted by Gasteiger charge is -2.17. The summed E-state index contributed by atoms with van der Waals surface area (Å²) in [6, 6.07) is 5.60. The summed E-state index contributed by atoms with van der Waals surface area (Å²) in [5, 5.41) is 2.61. The fraction of sp³-hybridized carbons (Fsp3) is 0.462. The van der Waals surface area contributed by atoms with E-state index in [-0.39, 0.29) is 11.8 Å². The molecule has 1 unspecified atom stereocenters. The zero-order chi connectivity index (χ0) is 13.5. The minimum Gasteiger partial charge on any atom is -0.493 e. The van der Waals surface area contributed by atoms with E-state index in [1.165, 1.54) is 0 Å². The molecule has 5 nitrogen and oxygen atoms in total. The Morgan fingerprint density at radius 2 is 2.11 bits per heavy atom. The van der Waals surface area contributed by atoms with Crippen LogP contribution in [0.15, 0.2) is 18.2 Å². The number of carbonyl (C=O) groups excluding carboxylic acids is 1. The summed E-state index contributed by atoms with van der Waals surface area (Å²) in [5.41, 5.74) is 6.54. The SMILES string of the molecule is CNC(=O)C(CN)Cc1cccc(OC)c1OC. The Labute approximate surface area is 107 Å². The Kier molecular flexibility index (Phi) is 5.45. The fourth-order valence-electron chi connectivity index (χ4n) is 1.87. The van der Waals surface area contributed by atoms with Gasteiger partial charge in [-0.1, -0.05) is 12.1 Å². The molecule has 100 valence electrons. The van der Waals surface area contributed by atoms with Crippen molar-refractivity contribution in [1.82, 2.24) is 5.32 Å². The van der Waals surface area contributed by atoms with E-state index in [2.05, 4.69) is 5.32 Å². The average molecular weight is 252 g/mol. The van der Waals surface area contributed by atoms with Gasteiger partial charge in [-0.25, -0.2) is 0 Å². The standard InChI is InChI=1S/C13H20N2O3/c1-15-13(16)10(8-14)7-9-5-4-6-11(17-2)12(9)18-3/h4-6,10H,7-8,14H2,1-3H3,(H,15,16). The van der Waals surface area contributed by atoms with Gasteiger partial charge in [-0.05, 0) is 18.1 Å². The van der Waals surface area contributed by atoms with E-state index < -0.39 is 0 Å². The second kappa shape index (κ2) is 6.86. The van der Waals surface area contributed by atoms with Gasteiger partial charge in [0.25, 0.3) is 0 Å². The summed E-state index contributed by atoms with van der Waals surface area (Å²) >= 11 is 0. The van der Waals surface area contributed by atoms with Crippen LogP contribution in [0.5, 0.6) is 11.5 Å². The number of nitrogens with two attached hydrogens (primary N) is 1. The Bertz CT molecular complexity index is 407. The number of methoxy groups -OCH3 is 2. The molecule has 0 aliphatic carbocycles. The van der Waals surface area contributed by atoms with Gasteiger partial charge in [0.2, 0.25) is 5.91 Å². The average Bonchev–Trinajstić information content (AvgIpc) is 2.43. The van der Waals surface area contributed by atoms with Crippen molar-refractivity contribution in [3.63, 3.8) is 0 Å². The van der Waals surface area contributed by atoms with E-state index in [9.17, 15) is 4.79 Å². The van der Waals surface area contributed by atoms with E-state index in [1.54, 1.807) is 21.3 Å². The molecule has 0 spiro atoms. The summed E-state index contributed by atoms with van der Waals surface area (Å²) in [7, 11) is 4.77. The van der Waals surface area contributed by atoms with E-state index in [0.29, 0.717) is 24.5 Å². The maximum Gasteiger partial charge on any atom is 0.224 e. The molecule has 1 aromatic rings. The van der Waals surface area contributed by atoms with Crippen molar-refractivity contribution in [1.29, 1.82) is 0 Å². The zero-order valence-electron chi connectivity index (χ0n) is 11.0. The Balaban J connectivity index is 2.98. The molecule has 3 N–H and O–H groups in total. The maximum atomic E-state index is 11.6. The molecular formula is C13H20N2O3. The highest BCUT2D eigenvalue weighted by Gasteiger charge is 2.19. The van der Waals surface area contributed by atoms with Gasteiger partial charge in [-0.3, -0.25) is 4.79 Å². The van der Waals surface area contributed by atoms with Crippen molar-refractivity contribution in [2.75, 3.05) is 27.8 Å². The van der Waals surface area contributed by atoms with E-state index in [4.69, 9.17) is 15.2 Å². The molecule has 0 bridgehead atoms. The first-order valence-electron chi connectivity index (χ1n) is 5.79. The third-order valence-electron chi connectivity index (χ3n) is 2.85. The van der Waals surface area contributed by atoms with Crippen LogP contribution in [-0.4, -0.2) is 33.7 Å². The van der Waals surface area contributed by atoms with Gasteiger partial charge in [0.1, 0.15) is 0 Å². The van der Waals surface area contributed by atoms with Crippen LogP contribution in [0.2, 0.25) is 0 Å². The number of hydrogen-bond donors (Lipinski definition) is 2. The number of nitrogens with one attached hydrogen (secondary N) is 1. The van der Waals surface area contributed by atoms with Gasteiger partial charge < -0.3 is 20.5 Å². The van der Waals surface area contributed by atoms with E-state index >= 15 is 0 Å². The lowest BCUT2D eigenvalue weighted by atomic mass is 9.97. The molecule has 0 aliphatic heterocycles. The highest BCUT2D eigenvalue weighted by atomic mass is 16.5. The summed E-state index contributed by atoms with van der Waals surface area (Å²) in [4.78, 5) is 11.6. The molecular weight excluding hydrogens is 232 g/mol. The fourth-order valence-corrected chi connectivity index (χ4v) is 1.87. The lowest BCUT2D eigenvalue weighted by Crippen LogP contribution is -2.34. The molecule has 1 rings (SSSR count). The van der Waals surface area contributed by atoms with Crippen LogP contribution in [0.4, 0.5) is 0 Å². The van der Waals surface area contributed by atoms with Crippen molar-refractivity contribution in [3.8, 4) is 11.5 Å². The van der Waals surface area contributed by atoms with Crippen LogP contribution in [0.3, 0.4) is 0 Å². The molecule has 0 aromatic heterocycles. The molecule has 1 aromatic carbocycles. The quantitative estimate of drug-likeness (QED) is 0.776. The molecule has 0 saturated carbocycles. The number of carbonyl (C=O) groups is 1. The minimum atomic E-state index is -0.268. The zero-order valence-corrected chi connectivity index (χ0v) is 11.0. The maximum absolute atomic E-state index is 11.6. The lowest BCUT2D eigenvalue weighted by molar-refractivity contribution is -0.124. The van der Waals surface area contributed by atoms with Crippen LogP contribution in [0.25, 0.3) is 0 Å². The smallest absolute Gasteiger partial charge is 0.224 e. The topological polar surface area (TPSA) is 73.6 Å². The molecule has 0 aliphatic rings. The van der Waals surface area contributed by atoms with E-state index in [0.717, 1.165) is 5.56 Å². The number of para-hydroxylation sites is 1. The number of benzene rings is 1. The van der Waals surface area contributed by atoms with Crippen LogP contribution >= 0.6 is 0 Å². The molecule has 5 heteroatoms. The Morgan fingerprint density at radius 3 is 2.61 bits per heavy atom. The van der Waals surface area contributed by atoms with Gasteiger partial charge in [-0.15, -0.1) is 0 Å². The van der Waals surface area contributed by atoms with Crippen LogP contribution in [-0.2, 0) is 11.2 Å². The van der Waals surface area contributed by atoms with Gasteiger partial charge in [0.05, 0.1) is 20.1 Å². The summed E-state index contributed by atoms with van der Waals surface area (Å²) in [5.74, 6) is 0.975. The number of rotatable bonds is 6. The predicted molar refractivity (Wildman–Crippen MR) is 69.9 cm³/mol. The summed E-state index contributed by atoms with van der Waals surface area (Å²) < 4.78 is 10.6. The van der Waals surface area contributed by atoms with Crippen LogP contribution < -0.4 is 20.5 Å². The van der Waals surface area contributed by atoms with Crippen LogP contribution in [0.1, 0.15) is 5.56 Å². The first kappa shape index (κ1) is 14.3. The first-order valence-corrected chi connectivity index (χ1v) is 5.79. The number of ether oxygens (including phenoxy) is 2. The predicted octanol–water partition coefficient (Wildman–Crippen LogP) is 0.567. The first-order chi connectivity index (χ1) is 8.67. The monoisotopic (exact) mass is 252 g/mol. The molecule has 0 heterocycles. The second-order valence-corrected chi connectivity index (χ2v) is 3.90. The number of amides is 1. The van der Waals surface area contributed by atoms with Crippen molar-refractivity contribution in [2.24, 2.45) is 11.7 Å². The number of hydrogen-bond acceptors (Lipinski definition) is 4. The second-order valence-electron chi connectivity index (χ2n) is 3.90. The van der Waals surface area contributed by atoms with Crippen molar-refractivity contribution < 1.29 is 14.3 Å². The highest BCUT2D eigenvalue weighted by Crippen LogP contribution is 2.32. The Hall–Kier alpha value is -1.75. The molecule has 0 fully saturated rings.